The lowest BCUT2D eigenvalue weighted by Gasteiger charge is -2.05. The van der Waals surface area contributed by atoms with Crippen molar-refractivity contribution in [3.8, 4) is 5.75 Å². The normalized spacial score (nSPS) is 11.0. The molecule has 0 bridgehead atoms. The molecule has 0 saturated heterocycles. The SMILES string of the molecule is COc1ccc([C]=O)cc1S(=O)(=O)O. The number of rotatable bonds is 3. The fraction of sp³-hybridized carbons (Fsp3) is 0.125. The van der Waals surface area contributed by atoms with Crippen LogP contribution in [0.5, 0.6) is 5.75 Å². The van der Waals surface area contributed by atoms with Gasteiger partial charge in [0.1, 0.15) is 10.6 Å². The fourth-order valence-electron chi connectivity index (χ4n) is 0.942. The van der Waals surface area contributed by atoms with E-state index < -0.39 is 15.0 Å². The third kappa shape index (κ3) is 2.09. The van der Waals surface area contributed by atoms with Gasteiger partial charge in [-0.2, -0.15) is 8.42 Å². The van der Waals surface area contributed by atoms with Gasteiger partial charge in [0.2, 0.25) is 6.29 Å². The molecule has 0 aliphatic heterocycles. The van der Waals surface area contributed by atoms with E-state index in [0.29, 0.717) is 0 Å². The van der Waals surface area contributed by atoms with E-state index in [0.717, 1.165) is 6.07 Å². The fourth-order valence-corrected chi connectivity index (χ4v) is 1.62. The predicted octanol–water partition coefficient (Wildman–Crippen LogP) is 0.400. The lowest BCUT2D eigenvalue weighted by Crippen LogP contribution is -2.02. The summed E-state index contributed by atoms with van der Waals surface area (Å²) in [6, 6.07) is 3.59. The van der Waals surface area contributed by atoms with Crippen LogP contribution >= 0.6 is 0 Å². The number of benzene rings is 1. The highest BCUT2D eigenvalue weighted by Gasteiger charge is 2.16. The Morgan fingerprint density at radius 3 is 2.50 bits per heavy atom. The van der Waals surface area contributed by atoms with Gasteiger partial charge in [-0.3, -0.25) is 9.35 Å². The minimum atomic E-state index is -4.38. The molecule has 0 fully saturated rings. The van der Waals surface area contributed by atoms with Gasteiger partial charge in [0.05, 0.1) is 7.11 Å². The molecule has 0 spiro atoms. The molecule has 75 valence electrons. The number of hydrogen-bond donors (Lipinski definition) is 1. The lowest BCUT2D eigenvalue weighted by molar-refractivity contribution is 0.397. The summed E-state index contributed by atoms with van der Waals surface area (Å²) in [6.07, 6.45) is 1.51. The first kappa shape index (κ1) is 10.7. The van der Waals surface area contributed by atoms with Crippen LogP contribution in [0.2, 0.25) is 0 Å². The highest BCUT2D eigenvalue weighted by Crippen LogP contribution is 2.23. The highest BCUT2D eigenvalue weighted by molar-refractivity contribution is 7.86. The van der Waals surface area contributed by atoms with Crippen LogP contribution in [0.15, 0.2) is 23.1 Å². The molecule has 0 aromatic heterocycles. The minimum Gasteiger partial charge on any atom is -0.495 e. The summed E-state index contributed by atoms with van der Waals surface area (Å²) in [7, 11) is -3.12. The van der Waals surface area contributed by atoms with Crippen molar-refractivity contribution in [2.75, 3.05) is 7.11 Å². The smallest absolute Gasteiger partial charge is 0.298 e. The molecule has 0 unspecified atom stereocenters. The van der Waals surface area contributed by atoms with Gasteiger partial charge < -0.3 is 4.74 Å². The Kier molecular flexibility index (Phi) is 2.87. The largest absolute Gasteiger partial charge is 0.495 e. The van der Waals surface area contributed by atoms with Crippen LogP contribution in [0.3, 0.4) is 0 Å². The van der Waals surface area contributed by atoms with Crippen LogP contribution in [0.1, 0.15) is 5.56 Å². The van der Waals surface area contributed by atoms with E-state index in [1.54, 1.807) is 0 Å². The summed E-state index contributed by atoms with van der Waals surface area (Å²) < 4.78 is 35.1. The molecule has 0 amide bonds. The van der Waals surface area contributed by atoms with Gasteiger partial charge in [-0.05, 0) is 18.2 Å². The van der Waals surface area contributed by atoms with E-state index >= 15 is 0 Å². The molecule has 0 aliphatic rings. The second-order valence-corrected chi connectivity index (χ2v) is 3.83. The van der Waals surface area contributed by atoms with Crippen molar-refractivity contribution < 1.29 is 22.5 Å². The standard InChI is InChI=1S/C8H7O5S/c1-13-7-3-2-6(5-9)4-8(7)14(10,11)12/h2-4H,1H3,(H,10,11,12). The quantitative estimate of drug-likeness (QED) is 0.738. The van der Waals surface area contributed by atoms with Crippen LogP contribution in [-0.2, 0) is 14.9 Å². The Bertz CT molecular complexity index is 449. The van der Waals surface area contributed by atoms with Crippen molar-refractivity contribution in [2.24, 2.45) is 0 Å². The van der Waals surface area contributed by atoms with Crippen molar-refractivity contribution >= 4 is 16.4 Å². The first-order valence-electron chi connectivity index (χ1n) is 3.52. The second kappa shape index (κ2) is 3.77. The van der Waals surface area contributed by atoms with Crippen molar-refractivity contribution in [3.63, 3.8) is 0 Å². The molecule has 6 heteroatoms. The van der Waals surface area contributed by atoms with Crippen LogP contribution < -0.4 is 4.74 Å². The molecule has 5 nitrogen and oxygen atoms in total. The zero-order chi connectivity index (χ0) is 10.8. The van der Waals surface area contributed by atoms with Crippen LogP contribution in [0, 0.1) is 0 Å². The summed E-state index contributed by atoms with van der Waals surface area (Å²) in [4.78, 5) is 9.80. The van der Waals surface area contributed by atoms with Gasteiger partial charge in [-0.1, -0.05) is 0 Å². The summed E-state index contributed by atoms with van der Waals surface area (Å²) in [5.74, 6) is -0.0218. The van der Waals surface area contributed by atoms with E-state index in [-0.39, 0.29) is 11.3 Å². The van der Waals surface area contributed by atoms with Gasteiger partial charge in [0.25, 0.3) is 10.1 Å². The Morgan fingerprint density at radius 1 is 1.43 bits per heavy atom. The molecular formula is C8H7O5S. The minimum absolute atomic E-state index is 0.0218. The maximum atomic E-state index is 10.8. The molecule has 14 heavy (non-hydrogen) atoms. The zero-order valence-electron chi connectivity index (χ0n) is 7.22. The molecule has 1 rings (SSSR count). The molecule has 0 heterocycles. The maximum absolute atomic E-state index is 10.8. The van der Waals surface area contributed by atoms with Crippen LogP contribution in [-0.4, -0.2) is 26.4 Å². The first-order chi connectivity index (χ1) is 6.49. The highest BCUT2D eigenvalue weighted by atomic mass is 32.2. The number of hydrogen-bond acceptors (Lipinski definition) is 4. The van der Waals surface area contributed by atoms with E-state index in [1.165, 1.54) is 25.5 Å². The number of ether oxygens (including phenoxy) is 1. The van der Waals surface area contributed by atoms with Gasteiger partial charge in [-0.25, -0.2) is 0 Å². The van der Waals surface area contributed by atoms with E-state index in [9.17, 15) is 13.2 Å². The van der Waals surface area contributed by atoms with Crippen LogP contribution in [0.4, 0.5) is 0 Å². The number of carbonyl (C=O) groups excluding carboxylic acids is 1. The molecule has 1 aromatic carbocycles. The predicted molar refractivity (Wildman–Crippen MR) is 47.6 cm³/mol. The molecule has 0 saturated carbocycles. The van der Waals surface area contributed by atoms with Crippen molar-refractivity contribution in [2.45, 2.75) is 4.90 Å². The third-order valence-corrected chi connectivity index (χ3v) is 2.43. The summed E-state index contributed by atoms with van der Waals surface area (Å²) in [5.41, 5.74) is 0.0263. The Labute approximate surface area is 81.1 Å². The van der Waals surface area contributed by atoms with E-state index in [1.807, 2.05) is 0 Å². The zero-order valence-corrected chi connectivity index (χ0v) is 8.04. The van der Waals surface area contributed by atoms with Gasteiger partial charge in [0, 0.05) is 5.56 Å². The summed E-state index contributed by atoms with van der Waals surface area (Å²) in [6.45, 7) is 0. The van der Waals surface area contributed by atoms with Crippen molar-refractivity contribution in [1.29, 1.82) is 0 Å². The third-order valence-electron chi connectivity index (χ3n) is 1.56. The molecule has 1 N–H and O–H groups in total. The second-order valence-electron chi connectivity index (χ2n) is 2.44. The molecule has 0 atom stereocenters. The van der Waals surface area contributed by atoms with Gasteiger partial charge in [-0.15, -0.1) is 0 Å². The monoisotopic (exact) mass is 215 g/mol. The van der Waals surface area contributed by atoms with Crippen LogP contribution in [0.25, 0.3) is 0 Å². The topological polar surface area (TPSA) is 80.7 Å². The summed E-state index contributed by atoms with van der Waals surface area (Å²) in [5, 5.41) is 0. The molecule has 0 aliphatic carbocycles. The lowest BCUT2D eigenvalue weighted by atomic mass is 10.2. The molecular weight excluding hydrogens is 208 g/mol. The average molecular weight is 215 g/mol. The Hall–Kier alpha value is -1.40. The van der Waals surface area contributed by atoms with Crippen molar-refractivity contribution in [3.05, 3.63) is 23.8 Å². The van der Waals surface area contributed by atoms with Crippen molar-refractivity contribution in [1.82, 2.24) is 0 Å². The molecule has 1 aromatic rings. The summed E-state index contributed by atoms with van der Waals surface area (Å²) >= 11 is 0. The molecule has 1 radical (unpaired) electrons. The van der Waals surface area contributed by atoms with E-state index in [4.69, 9.17) is 9.29 Å². The first-order valence-corrected chi connectivity index (χ1v) is 4.96. The van der Waals surface area contributed by atoms with Gasteiger partial charge >= 0.3 is 0 Å². The average Bonchev–Trinajstić information content (AvgIpc) is 2.15. The number of methoxy groups -OCH3 is 1. The maximum Gasteiger partial charge on any atom is 0.298 e. The van der Waals surface area contributed by atoms with Gasteiger partial charge in [0.15, 0.2) is 0 Å². The van der Waals surface area contributed by atoms with E-state index in [2.05, 4.69) is 0 Å². The Balaban J connectivity index is 3.44. The Morgan fingerprint density at radius 2 is 2.07 bits per heavy atom.